The predicted octanol–water partition coefficient (Wildman–Crippen LogP) is 5.92. The highest BCUT2D eigenvalue weighted by atomic mass is 19.4. The van der Waals surface area contributed by atoms with Crippen LogP contribution in [0.3, 0.4) is 0 Å². The number of nitrogens with zero attached hydrogens (tertiary/aromatic N) is 5. The molecule has 0 aliphatic heterocycles. The van der Waals surface area contributed by atoms with Crippen molar-refractivity contribution < 1.29 is 41.7 Å². The lowest BCUT2D eigenvalue weighted by molar-refractivity contribution is -0.274. The third kappa shape index (κ3) is 7.34. The molecule has 10 nitrogen and oxygen atoms in total. The van der Waals surface area contributed by atoms with Gasteiger partial charge in [-0.05, 0) is 36.4 Å². The topological polar surface area (TPSA) is 132 Å². The lowest BCUT2D eigenvalue weighted by atomic mass is 10.1. The summed E-state index contributed by atoms with van der Waals surface area (Å²) < 4.78 is 71.6. The maximum absolute atomic E-state index is 14.3. The van der Waals surface area contributed by atoms with E-state index in [-0.39, 0.29) is 65.7 Å². The Kier molecular flexibility index (Phi) is 8.91. The number of methoxy groups -OCH3 is 1. The average molecular weight is 622 g/mol. The zero-order valence-corrected chi connectivity index (χ0v) is 23.5. The van der Waals surface area contributed by atoms with Crippen molar-refractivity contribution in [2.75, 3.05) is 13.7 Å². The van der Waals surface area contributed by atoms with E-state index in [4.69, 9.17) is 14.7 Å². The van der Waals surface area contributed by atoms with E-state index in [1.54, 1.807) is 10.6 Å². The van der Waals surface area contributed by atoms with E-state index in [9.17, 15) is 27.5 Å². The number of nitriles is 1. The Balaban J connectivity index is 1.46. The summed E-state index contributed by atoms with van der Waals surface area (Å²) in [7, 11) is 1.48. The van der Waals surface area contributed by atoms with Crippen LogP contribution in [0.1, 0.15) is 32.9 Å². The lowest BCUT2D eigenvalue weighted by Gasteiger charge is -2.15. The lowest BCUT2D eigenvalue weighted by Crippen LogP contribution is -2.19. The summed E-state index contributed by atoms with van der Waals surface area (Å²) in [5.74, 6) is -1.89. The second-order valence-electron chi connectivity index (χ2n) is 9.65. The number of alkyl halides is 3. The molecule has 0 aliphatic rings. The van der Waals surface area contributed by atoms with Gasteiger partial charge in [0.25, 0.3) is 0 Å². The number of halogens is 4. The molecule has 0 atom stereocenters. The van der Waals surface area contributed by atoms with Gasteiger partial charge in [0.1, 0.15) is 24.0 Å². The molecule has 0 unspecified atom stereocenters. The number of benzene rings is 2. The van der Waals surface area contributed by atoms with Crippen LogP contribution in [-0.4, -0.2) is 50.7 Å². The molecule has 1 N–H and O–H groups in total. The first kappa shape index (κ1) is 30.9. The van der Waals surface area contributed by atoms with Crippen LogP contribution in [0.25, 0.3) is 22.4 Å². The summed E-state index contributed by atoms with van der Waals surface area (Å²) in [5.41, 5.74) is 1.57. The largest absolute Gasteiger partial charge is 0.573 e. The van der Waals surface area contributed by atoms with Gasteiger partial charge in [-0.2, -0.15) is 5.26 Å². The Morgan fingerprint density at radius 3 is 2.58 bits per heavy atom. The normalized spacial score (nSPS) is 11.4. The molecule has 0 spiro atoms. The molecule has 0 bridgehead atoms. The summed E-state index contributed by atoms with van der Waals surface area (Å²) in [6.07, 6.45) is -3.93. The molecule has 0 saturated heterocycles. The Morgan fingerprint density at radius 2 is 1.87 bits per heavy atom. The molecule has 230 valence electrons. The zero-order valence-electron chi connectivity index (χ0n) is 23.5. The van der Waals surface area contributed by atoms with Crippen molar-refractivity contribution in [1.82, 2.24) is 19.5 Å². The van der Waals surface area contributed by atoms with E-state index in [1.807, 2.05) is 6.07 Å². The summed E-state index contributed by atoms with van der Waals surface area (Å²) in [6, 6.07) is 15.8. The Morgan fingerprint density at radius 1 is 1.04 bits per heavy atom. The Hall–Kier alpha value is -5.55. The molecule has 0 amide bonds. The number of ether oxygens (including phenoxy) is 3. The first-order valence-electron chi connectivity index (χ1n) is 13.3. The Bertz CT molecular complexity index is 1920. The fourth-order valence-electron chi connectivity index (χ4n) is 4.52. The van der Waals surface area contributed by atoms with Gasteiger partial charge in [0, 0.05) is 49.5 Å². The first-order valence-corrected chi connectivity index (χ1v) is 13.3. The number of aromatic nitrogens is 4. The van der Waals surface area contributed by atoms with Crippen LogP contribution >= 0.6 is 0 Å². The van der Waals surface area contributed by atoms with E-state index >= 15 is 0 Å². The minimum atomic E-state index is -5.02. The highest BCUT2D eigenvalue weighted by Gasteiger charge is 2.33. The van der Waals surface area contributed by atoms with Gasteiger partial charge in [0.2, 0.25) is 5.88 Å². The van der Waals surface area contributed by atoms with Crippen molar-refractivity contribution in [2.45, 2.75) is 25.9 Å². The van der Waals surface area contributed by atoms with Crippen LogP contribution in [0, 0.1) is 17.1 Å². The van der Waals surface area contributed by atoms with Crippen molar-refractivity contribution in [2.24, 2.45) is 0 Å². The van der Waals surface area contributed by atoms with Crippen LogP contribution in [-0.2, 0) is 24.3 Å². The third-order valence-electron chi connectivity index (χ3n) is 6.65. The molecule has 0 fully saturated rings. The minimum absolute atomic E-state index is 0.0282. The maximum Gasteiger partial charge on any atom is 0.573 e. The molecule has 3 heterocycles. The first-order chi connectivity index (χ1) is 21.5. The SMILES string of the molecule is COCCn1c(Cc2cnc(-c3cccc(OCc4ccc(C#N)cc4F)n3)cc2OC(F)(F)F)nc2ccc(C(=O)O)cc21. The predicted molar refractivity (Wildman–Crippen MR) is 151 cm³/mol. The van der Waals surface area contributed by atoms with Crippen LogP contribution in [0.2, 0.25) is 0 Å². The van der Waals surface area contributed by atoms with Crippen molar-refractivity contribution in [1.29, 1.82) is 5.26 Å². The molecular weight excluding hydrogens is 598 g/mol. The van der Waals surface area contributed by atoms with Gasteiger partial charge in [-0.1, -0.05) is 12.1 Å². The van der Waals surface area contributed by atoms with Gasteiger partial charge in [-0.3, -0.25) is 4.98 Å². The van der Waals surface area contributed by atoms with E-state index in [0.29, 0.717) is 16.9 Å². The molecule has 5 aromatic rings. The number of rotatable bonds is 11. The second kappa shape index (κ2) is 13.0. The van der Waals surface area contributed by atoms with E-state index < -0.39 is 23.9 Å². The number of carboxylic acids is 1. The van der Waals surface area contributed by atoms with Gasteiger partial charge in [0.05, 0.1) is 46.2 Å². The molecule has 0 radical (unpaired) electrons. The van der Waals surface area contributed by atoms with Gasteiger partial charge in [0.15, 0.2) is 0 Å². The standard InChI is InChI=1S/C31H23F4N5O5/c1-43-10-9-40-26-12-19(30(41)42)7-8-24(26)38-28(40)13-21-16-37-25(14-27(21)45-31(33,34)35)23-3-2-4-29(39-23)44-17-20-6-5-18(15-36)11-22(20)32/h2-8,11-12,14,16H,9-10,13,17H2,1H3,(H,41,42). The van der Waals surface area contributed by atoms with Gasteiger partial charge < -0.3 is 23.9 Å². The smallest absolute Gasteiger partial charge is 0.478 e. The summed E-state index contributed by atoms with van der Waals surface area (Å²) in [5, 5.41) is 18.3. The number of hydrogen-bond donors (Lipinski definition) is 1. The maximum atomic E-state index is 14.3. The zero-order chi connectivity index (χ0) is 32.1. The van der Waals surface area contributed by atoms with Gasteiger partial charge in [-0.25, -0.2) is 19.2 Å². The molecule has 45 heavy (non-hydrogen) atoms. The average Bonchev–Trinajstić information content (AvgIpc) is 3.35. The van der Waals surface area contributed by atoms with E-state index in [0.717, 1.165) is 12.1 Å². The fraction of sp³-hybridized carbons (Fsp3) is 0.194. The highest BCUT2D eigenvalue weighted by molar-refractivity contribution is 5.92. The number of hydrogen-bond acceptors (Lipinski definition) is 8. The molecular formula is C31H23F4N5O5. The quantitative estimate of drug-likeness (QED) is 0.179. The van der Waals surface area contributed by atoms with Crippen LogP contribution < -0.4 is 9.47 Å². The number of fused-ring (bicyclic) bond motifs is 1. The number of pyridine rings is 2. The van der Waals surface area contributed by atoms with E-state index in [1.165, 1.54) is 55.8 Å². The molecule has 3 aromatic heterocycles. The number of carbonyl (C=O) groups is 1. The van der Waals surface area contributed by atoms with Crippen LogP contribution in [0.5, 0.6) is 11.6 Å². The van der Waals surface area contributed by atoms with Crippen molar-refractivity contribution >= 4 is 17.0 Å². The molecule has 5 rings (SSSR count). The number of imidazole rings is 1. The minimum Gasteiger partial charge on any atom is -0.478 e. The van der Waals surface area contributed by atoms with Crippen molar-refractivity contribution in [3.05, 3.63) is 101 Å². The van der Waals surface area contributed by atoms with Crippen LogP contribution in [0.15, 0.2) is 66.9 Å². The summed E-state index contributed by atoms with van der Waals surface area (Å²) >= 11 is 0. The molecule has 0 aliphatic carbocycles. The van der Waals surface area contributed by atoms with Crippen molar-refractivity contribution in [3.8, 4) is 29.1 Å². The third-order valence-corrected chi connectivity index (χ3v) is 6.65. The monoisotopic (exact) mass is 621 g/mol. The summed E-state index contributed by atoms with van der Waals surface area (Å²) in [4.78, 5) is 24.7. The Labute approximate surface area is 253 Å². The number of aromatic carboxylic acids is 1. The van der Waals surface area contributed by atoms with Crippen LogP contribution in [0.4, 0.5) is 17.6 Å². The van der Waals surface area contributed by atoms with Gasteiger partial charge >= 0.3 is 12.3 Å². The number of carboxylic acid groups (broad SMARTS) is 1. The fourth-order valence-corrected chi connectivity index (χ4v) is 4.52. The highest BCUT2D eigenvalue weighted by Crippen LogP contribution is 2.32. The van der Waals surface area contributed by atoms with Gasteiger partial charge in [-0.15, -0.1) is 13.2 Å². The summed E-state index contributed by atoms with van der Waals surface area (Å²) in [6.45, 7) is 0.289. The van der Waals surface area contributed by atoms with Crippen molar-refractivity contribution in [3.63, 3.8) is 0 Å². The second-order valence-corrected chi connectivity index (χ2v) is 9.65. The molecule has 14 heteroatoms. The molecule has 2 aromatic carbocycles. The van der Waals surface area contributed by atoms with E-state index in [2.05, 4.69) is 19.7 Å². The molecule has 0 saturated carbocycles.